The Morgan fingerprint density at radius 1 is 1.00 bits per heavy atom. The lowest BCUT2D eigenvalue weighted by molar-refractivity contribution is -0.122. The van der Waals surface area contributed by atoms with Crippen LogP contribution in [0.2, 0.25) is 0 Å². The van der Waals surface area contributed by atoms with Crippen molar-refractivity contribution in [2.24, 2.45) is 0 Å². The van der Waals surface area contributed by atoms with Gasteiger partial charge in [-0.05, 0) is 55.8 Å². The second kappa shape index (κ2) is 10.4. The predicted molar refractivity (Wildman–Crippen MR) is 124 cm³/mol. The average Bonchev–Trinajstić information content (AvgIpc) is 3.15. The van der Waals surface area contributed by atoms with Crippen molar-refractivity contribution in [1.82, 2.24) is 4.90 Å². The predicted octanol–water partition coefficient (Wildman–Crippen LogP) is 3.06. The van der Waals surface area contributed by atoms with Crippen molar-refractivity contribution in [2.45, 2.75) is 38.8 Å². The Balaban J connectivity index is 1.93. The number of esters is 1. The number of carbonyl (C=O) groups excluding carboxylic acids is 4. The number of hydrogen-bond donors (Lipinski definition) is 0. The summed E-state index contributed by atoms with van der Waals surface area (Å²) in [5.74, 6) is -0.961. The minimum absolute atomic E-state index is 0.138. The van der Waals surface area contributed by atoms with Gasteiger partial charge in [-0.25, -0.2) is 9.69 Å². The topological polar surface area (TPSA) is 102 Å². The molecule has 34 heavy (non-hydrogen) atoms. The first-order valence-corrected chi connectivity index (χ1v) is 10.9. The fraction of sp³-hybridized carbons (Fsp3) is 0.360. The molecule has 0 aromatic heterocycles. The second-order valence-electron chi connectivity index (χ2n) is 7.87. The summed E-state index contributed by atoms with van der Waals surface area (Å²) < 4.78 is 15.2. The SMILES string of the molecule is CCC(C)N(C(=O)c1ccc(OC)c(OC)c1)C1CC(=O)N(c2ccc(C(=O)OC)cc2)C1=O. The number of hydrogen-bond acceptors (Lipinski definition) is 7. The van der Waals surface area contributed by atoms with Crippen LogP contribution in [0.4, 0.5) is 5.69 Å². The molecule has 1 fully saturated rings. The fourth-order valence-corrected chi connectivity index (χ4v) is 3.93. The molecule has 0 saturated carbocycles. The lowest BCUT2D eigenvalue weighted by Gasteiger charge is -2.33. The molecule has 1 aliphatic rings. The molecule has 1 heterocycles. The van der Waals surface area contributed by atoms with Gasteiger partial charge < -0.3 is 19.1 Å². The molecule has 3 amide bonds. The zero-order valence-corrected chi connectivity index (χ0v) is 19.9. The van der Waals surface area contributed by atoms with Crippen LogP contribution in [0.25, 0.3) is 0 Å². The largest absolute Gasteiger partial charge is 0.493 e. The van der Waals surface area contributed by atoms with Crippen LogP contribution in [0.15, 0.2) is 42.5 Å². The third kappa shape index (κ3) is 4.59. The number of ether oxygens (including phenoxy) is 3. The molecule has 1 aliphatic heterocycles. The Kier molecular flexibility index (Phi) is 7.55. The van der Waals surface area contributed by atoms with Gasteiger partial charge in [0.1, 0.15) is 6.04 Å². The summed E-state index contributed by atoms with van der Waals surface area (Å²) in [6, 6.07) is 9.50. The molecular formula is C25H28N2O7. The second-order valence-corrected chi connectivity index (χ2v) is 7.87. The summed E-state index contributed by atoms with van der Waals surface area (Å²) >= 11 is 0. The molecule has 3 rings (SSSR count). The molecule has 0 spiro atoms. The molecular weight excluding hydrogens is 440 g/mol. The number of methoxy groups -OCH3 is 3. The number of benzene rings is 2. The van der Waals surface area contributed by atoms with Crippen LogP contribution in [0, 0.1) is 0 Å². The Bertz CT molecular complexity index is 1100. The van der Waals surface area contributed by atoms with E-state index < -0.39 is 23.8 Å². The zero-order valence-electron chi connectivity index (χ0n) is 19.9. The van der Waals surface area contributed by atoms with E-state index in [0.717, 1.165) is 4.90 Å². The van der Waals surface area contributed by atoms with Gasteiger partial charge in [0.2, 0.25) is 5.91 Å². The van der Waals surface area contributed by atoms with Crippen molar-refractivity contribution in [1.29, 1.82) is 0 Å². The maximum Gasteiger partial charge on any atom is 0.337 e. The highest BCUT2D eigenvalue weighted by molar-refractivity contribution is 6.23. The molecule has 0 radical (unpaired) electrons. The Morgan fingerprint density at radius 2 is 1.62 bits per heavy atom. The standard InChI is InChI=1S/C25H28N2O7/c1-6-15(2)26(23(29)17-9-12-20(32-3)21(13-17)33-4)19-14-22(28)27(24(19)30)18-10-7-16(8-11-18)25(31)34-5/h7-13,15,19H,6,14H2,1-5H3. The van der Waals surface area contributed by atoms with Gasteiger partial charge in [-0.2, -0.15) is 0 Å². The first-order valence-electron chi connectivity index (χ1n) is 10.9. The third-order valence-electron chi connectivity index (χ3n) is 5.94. The molecule has 9 heteroatoms. The van der Waals surface area contributed by atoms with E-state index >= 15 is 0 Å². The van der Waals surface area contributed by atoms with E-state index in [1.807, 2.05) is 13.8 Å². The van der Waals surface area contributed by atoms with E-state index in [0.29, 0.717) is 34.7 Å². The minimum Gasteiger partial charge on any atom is -0.493 e. The molecule has 9 nitrogen and oxygen atoms in total. The lowest BCUT2D eigenvalue weighted by atomic mass is 10.1. The monoisotopic (exact) mass is 468 g/mol. The van der Waals surface area contributed by atoms with E-state index in [1.54, 1.807) is 18.2 Å². The molecule has 180 valence electrons. The summed E-state index contributed by atoms with van der Waals surface area (Å²) in [4.78, 5) is 54.0. The summed E-state index contributed by atoms with van der Waals surface area (Å²) in [6.07, 6.45) is 0.450. The van der Waals surface area contributed by atoms with Crippen molar-refractivity contribution in [3.8, 4) is 11.5 Å². The number of anilines is 1. The highest BCUT2D eigenvalue weighted by Crippen LogP contribution is 2.31. The minimum atomic E-state index is -0.955. The number of rotatable bonds is 8. The van der Waals surface area contributed by atoms with E-state index in [-0.39, 0.29) is 18.4 Å². The van der Waals surface area contributed by atoms with Crippen LogP contribution in [-0.2, 0) is 14.3 Å². The number of carbonyl (C=O) groups is 4. The van der Waals surface area contributed by atoms with Crippen LogP contribution in [-0.4, -0.2) is 62.0 Å². The quantitative estimate of drug-likeness (QED) is 0.433. The van der Waals surface area contributed by atoms with Crippen molar-refractivity contribution in [2.75, 3.05) is 26.2 Å². The Morgan fingerprint density at radius 3 is 2.18 bits per heavy atom. The van der Waals surface area contributed by atoms with Gasteiger partial charge in [-0.15, -0.1) is 0 Å². The molecule has 2 unspecified atom stereocenters. The summed E-state index contributed by atoms with van der Waals surface area (Å²) in [5.41, 5.74) is 0.943. The summed E-state index contributed by atoms with van der Waals surface area (Å²) in [7, 11) is 4.24. The van der Waals surface area contributed by atoms with E-state index in [2.05, 4.69) is 4.74 Å². The van der Waals surface area contributed by atoms with Crippen LogP contribution in [0.1, 0.15) is 47.4 Å². The summed E-state index contributed by atoms with van der Waals surface area (Å²) in [6.45, 7) is 3.74. The Labute approximate surface area is 198 Å². The fourth-order valence-electron chi connectivity index (χ4n) is 3.93. The highest BCUT2D eigenvalue weighted by atomic mass is 16.5. The maximum absolute atomic E-state index is 13.5. The molecule has 0 aliphatic carbocycles. The molecule has 2 aromatic carbocycles. The zero-order chi connectivity index (χ0) is 25.0. The van der Waals surface area contributed by atoms with E-state index in [1.165, 1.54) is 50.5 Å². The highest BCUT2D eigenvalue weighted by Gasteiger charge is 2.45. The van der Waals surface area contributed by atoms with Gasteiger partial charge in [0.05, 0.1) is 39.0 Å². The van der Waals surface area contributed by atoms with Gasteiger partial charge in [0.15, 0.2) is 11.5 Å². The molecule has 0 N–H and O–H groups in total. The first-order chi connectivity index (χ1) is 16.3. The molecule has 0 bridgehead atoms. The van der Waals surface area contributed by atoms with E-state index in [9.17, 15) is 19.2 Å². The average molecular weight is 469 g/mol. The van der Waals surface area contributed by atoms with Crippen LogP contribution >= 0.6 is 0 Å². The van der Waals surface area contributed by atoms with Crippen molar-refractivity contribution < 1.29 is 33.4 Å². The summed E-state index contributed by atoms with van der Waals surface area (Å²) in [5, 5.41) is 0. The van der Waals surface area contributed by atoms with Gasteiger partial charge in [0.25, 0.3) is 11.8 Å². The lowest BCUT2D eigenvalue weighted by Crippen LogP contribution is -2.49. The van der Waals surface area contributed by atoms with Crippen molar-refractivity contribution in [3.05, 3.63) is 53.6 Å². The van der Waals surface area contributed by atoms with E-state index in [4.69, 9.17) is 9.47 Å². The molecule has 2 aromatic rings. The molecule has 2 atom stereocenters. The van der Waals surface area contributed by atoms with Gasteiger partial charge in [-0.3, -0.25) is 14.4 Å². The Hall–Kier alpha value is -3.88. The van der Waals surface area contributed by atoms with Gasteiger partial charge in [0, 0.05) is 11.6 Å². The van der Waals surface area contributed by atoms with Crippen molar-refractivity contribution in [3.63, 3.8) is 0 Å². The number of imide groups is 1. The number of nitrogens with zero attached hydrogens (tertiary/aromatic N) is 2. The third-order valence-corrected chi connectivity index (χ3v) is 5.94. The van der Waals surface area contributed by atoms with Crippen molar-refractivity contribution >= 4 is 29.4 Å². The normalized spacial score (nSPS) is 16.3. The maximum atomic E-state index is 13.5. The van der Waals surface area contributed by atoms with Crippen LogP contribution < -0.4 is 14.4 Å². The van der Waals surface area contributed by atoms with Gasteiger partial charge >= 0.3 is 5.97 Å². The first kappa shape index (κ1) is 24.8. The van der Waals surface area contributed by atoms with Gasteiger partial charge in [-0.1, -0.05) is 6.92 Å². The molecule has 1 saturated heterocycles. The smallest absolute Gasteiger partial charge is 0.337 e. The van der Waals surface area contributed by atoms with Crippen LogP contribution in [0.5, 0.6) is 11.5 Å². The van der Waals surface area contributed by atoms with Crippen LogP contribution in [0.3, 0.4) is 0 Å². The number of amides is 3.